The van der Waals surface area contributed by atoms with Crippen molar-refractivity contribution < 1.29 is 4.74 Å². The van der Waals surface area contributed by atoms with E-state index in [2.05, 4.69) is 16.0 Å². The molecule has 2 heterocycles. The molecule has 16 heavy (non-hydrogen) atoms. The Kier molecular flexibility index (Phi) is 3.07. The lowest BCUT2D eigenvalue weighted by Crippen LogP contribution is -2.36. The number of anilines is 1. The van der Waals surface area contributed by atoms with Gasteiger partial charge in [0.25, 0.3) is 0 Å². The Labute approximate surface area is 95.5 Å². The summed E-state index contributed by atoms with van der Waals surface area (Å²) in [6.45, 7) is 6.99. The highest BCUT2D eigenvalue weighted by atomic mass is 16.5. The molecule has 0 spiro atoms. The molecule has 0 aliphatic carbocycles. The molecule has 1 aromatic heterocycles. The van der Waals surface area contributed by atoms with Crippen molar-refractivity contribution in [1.29, 1.82) is 5.26 Å². The third-order valence-corrected chi connectivity index (χ3v) is 2.77. The molecule has 0 saturated carbocycles. The topological polar surface area (TPSA) is 49.1 Å². The molecular weight excluding hydrogens is 202 g/mol. The average Bonchev–Trinajstić information content (AvgIpc) is 2.29. The van der Waals surface area contributed by atoms with Crippen LogP contribution in [0, 0.1) is 25.2 Å². The minimum Gasteiger partial charge on any atom is -0.378 e. The van der Waals surface area contributed by atoms with Crippen molar-refractivity contribution in [1.82, 2.24) is 4.98 Å². The van der Waals surface area contributed by atoms with Gasteiger partial charge in [-0.25, -0.2) is 0 Å². The molecule has 4 heteroatoms. The lowest BCUT2D eigenvalue weighted by molar-refractivity contribution is 0.122. The Hall–Kier alpha value is -1.60. The van der Waals surface area contributed by atoms with Crippen LogP contribution in [0.15, 0.2) is 6.07 Å². The number of hydrogen-bond acceptors (Lipinski definition) is 4. The van der Waals surface area contributed by atoms with E-state index in [0.29, 0.717) is 5.56 Å². The van der Waals surface area contributed by atoms with Crippen LogP contribution in [0.2, 0.25) is 0 Å². The van der Waals surface area contributed by atoms with E-state index < -0.39 is 0 Å². The molecule has 0 aromatic carbocycles. The number of morpholine rings is 1. The third-order valence-electron chi connectivity index (χ3n) is 2.77. The van der Waals surface area contributed by atoms with Gasteiger partial charge >= 0.3 is 0 Å². The molecule has 0 N–H and O–H groups in total. The summed E-state index contributed by atoms with van der Waals surface area (Å²) in [5.74, 6) is 0. The minimum absolute atomic E-state index is 0.688. The van der Waals surface area contributed by atoms with E-state index in [1.807, 2.05) is 19.9 Å². The predicted octanol–water partition coefficient (Wildman–Crippen LogP) is 1.41. The van der Waals surface area contributed by atoms with Crippen molar-refractivity contribution in [2.45, 2.75) is 13.8 Å². The molecule has 0 amide bonds. The van der Waals surface area contributed by atoms with Crippen LogP contribution in [0.4, 0.5) is 5.69 Å². The summed E-state index contributed by atoms with van der Waals surface area (Å²) in [6.07, 6.45) is 0. The maximum absolute atomic E-state index is 9.17. The van der Waals surface area contributed by atoms with E-state index in [-0.39, 0.29) is 0 Å². The molecule has 1 fully saturated rings. The van der Waals surface area contributed by atoms with E-state index in [0.717, 1.165) is 43.4 Å². The standard InChI is InChI=1S/C12H15N3O/c1-9-7-12(11(8-13)10(2)14-9)15-3-5-16-6-4-15/h7H,3-6H2,1-2H3. The second-order valence-electron chi connectivity index (χ2n) is 3.95. The second-order valence-corrected chi connectivity index (χ2v) is 3.95. The van der Waals surface area contributed by atoms with Gasteiger partial charge in [0.2, 0.25) is 0 Å². The van der Waals surface area contributed by atoms with Gasteiger partial charge in [-0.15, -0.1) is 0 Å². The number of hydrogen-bond donors (Lipinski definition) is 0. The van der Waals surface area contributed by atoms with Crippen LogP contribution in [-0.4, -0.2) is 31.3 Å². The van der Waals surface area contributed by atoms with Crippen LogP contribution in [0.5, 0.6) is 0 Å². The van der Waals surface area contributed by atoms with Crippen molar-refractivity contribution in [3.8, 4) is 6.07 Å². The summed E-state index contributed by atoms with van der Waals surface area (Å²) in [6, 6.07) is 4.23. The summed E-state index contributed by atoms with van der Waals surface area (Å²) in [7, 11) is 0. The van der Waals surface area contributed by atoms with Crippen molar-refractivity contribution >= 4 is 5.69 Å². The van der Waals surface area contributed by atoms with Crippen molar-refractivity contribution in [2.75, 3.05) is 31.2 Å². The van der Waals surface area contributed by atoms with Gasteiger partial charge in [-0.1, -0.05) is 0 Å². The van der Waals surface area contributed by atoms with E-state index in [1.165, 1.54) is 0 Å². The summed E-state index contributed by atoms with van der Waals surface area (Å²) in [5.41, 5.74) is 3.45. The fourth-order valence-electron chi connectivity index (χ4n) is 2.00. The van der Waals surface area contributed by atoms with Gasteiger partial charge in [-0.2, -0.15) is 5.26 Å². The van der Waals surface area contributed by atoms with Gasteiger partial charge in [0.15, 0.2) is 0 Å². The lowest BCUT2D eigenvalue weighted by Gasteiger charge is -2.30. The Bertz CT molecular complexity index is 431. The lowest BCUT2D eigenvalue weighted by atomic mass is 10.1. The van der Waals surface area contributed by atoms with Gasteiger partial charge < -0.3 is 9.64 Å². The Balaban J connectivity index is 2.42. The highest BCUT2D eigenvalue weighted by Gasteiger charge is 2.17. The zero-order chi connectivity index (χ0) is 11.5. The Morgan fingerprint density at radius 1 is 1.38 bits per heavy atom. The SMILES string of the molecule is Cc1cc(N2CCOCC2)c(C#N)c(C)n1. The van der Waals surface area contributed by atoms with Crippen LogP contribution in [-0.2, 0) is 4.74 Å². The van der Waals surface area contributed by atoms with E-state index in [9.17, 15) is 5.26 Å². The largest absolute Gasteiger partial charge is 0.378 e. The van der Waals surface area contributed by atoms with Crippen LogP contribution in [0.3, 0.4) is 0 Å². The smallest absolute Gasteiger partial charge is 0.103 e. The third kappa shape index (κ3) is 2.00. The van der Waals surface area contributed by atoms with E-state index in [1.54, 1.807) is 0 Å². The van der Waals surface area contributed by atoms with Crippen LogP contribution < -0.4 is 4.90 Å². The molecule has 4 nitrogen and oxygen atoms in total. The second kappa shape index (κ2) is 4.50. The molecule has 2 rings (SSSR count). The number of aryl methyl sites for hydroxylation is 2. The Morgan fingerprint density at radius 3 is 2.69 bits per heavy atom. The molecule has 1 aliphatic heterocycles. The van der Waals surface area contributed by atoms with E-state index >= 15 is 0 Å². The van der Waals surface area contributed by atoms with Gasteiger partial charge in [-0.3, -0.25) is 4.98 Å². The number of rotatable bonds is 1. The van der Waals surface area contributed by atoms with Crippen molar-refractivity contribution in [2.24, 2.45) is 0 Å². The predicted molar refractivity (Wildman–Crippen MR) is 61.5 cm³/mol. The maximum atomic E-state index is 9.17. The van der Waals surface area contributed by atoms with Crippen LogP contribution in [0.25, 0.3) is 0 Å². The minimum atomic E-state index is 0.688. The zero-order valence-corrected chi connectivity index (χ0v) is 9.66. The normalized spacial score (nSPS) is 15.9. The van der Waals surface area contributed by atoms with Gasteiger partial charge in [0, 0.05) is 18.8 Å². The van der Waals surface area contributed by atoms with Gasteiger partial charge in [0.05, 0.1) is 30.2 Å². The molecule has 0 unspecified atom stereocenters. The van der Waals surface area contributed by atoms with Crippen molar-refractivity contribution in [3.63, 3.8) is 0 Å². The summed E-state index contributed by atoms with van der Waals surface area (Å²) < 4.78 is 5.31. The molecule has 0 atom stereocenters. The monoisotopic (exact) mass is 217 g/mol. The summed E-state index contributed by atoms with van der Waals surface area (Å²) >= 11 is 0. The first-order valence-electron chi connectivity index (χ1n) is 5.43. The number of nitriles is 1. The Morgan fingerprint density at radius 2 is 2.06 bits per heavy atom. The first-order valence-corrected chi connectivity index (χ1v) is 5.43. The first kappa shape index (κ1) is 10.9. The molecule has 1 aliphatic rings. The van der Waals surface area contributed by atoms with Crippen molar-refractivity contribution in [3.05, 3.63) is 23.0 Å². The fraction of sp³-hybridized carbons (Fsp3) is 0.500. The number of ether oxygens (including phenoxy) is 1. The van der Waals surface area contributed by atoms with E-state index in [4.69, 9.17) is 4.74 Å². The number of aromatic nitrogens is 1. The van der Waals surface area contributed by atoms with Crippen LogP contribution in [0.1, 0.15) is 17.0 Å². The quantitative estimate of drug-likeness (QED) is 0.713. The molecule has 84 valence electrons. The number of pyridine rings is 1. The molecule has 1 aromatic rings. The molecule has 0 radical (unpaired) electrons. The zero-order valence-electron chi connectivity index (χ0n) is 9.66. The fourth-order valence-corrected chi connectivity index (χ4v) is 2.00. The maximum Gasteiger partial charge on any atom is 0.103 e. The van der Waals surface area contributed by atoms with Gasteiger partial charge in [-0.05, 0) is 19.9 Å². The highest BCUT2D eigenvalue weighted by Crippen LogP contribution is 2.23. The number of nitrogens with zero attached hydrogens (tertiary/aromatic N) is 3. The summed E-state index contributed by atoms with van der Waals surface area (Å²) in [5, 5.41) is 9.17. The van der Waals surface area contributed by atoms with Crippen LogP contribution >= 0.6 is 0 Å². The molecular formula is C12H15N3O. The molecule has 1 saturated heterocycles. The first-order chi connectivity index (χ1) is 7.72. The molecule has 0 bridgehead atoms. The average molecular weight is 217 g/mol. The summed E-state index contributed by atoms with van der Waals surface area (Å²) in [4.78, 5) is 6.52. The van der Waals surface area contributed by atoms with Gasteiger partial charge in [0.1, 0.15) is 6.07 Å². The highest BCUT2D eigenvalue weighted by molar-refractivity contribution is 5.61.